The molecule has 4 N–H and O–H groups in total. The Balaban J connectivity index is 2.86. The van der Waals surface area contributed by atoms with Crippen molar-refractivity contribution in [2.24, 2.45) is 11.5 Å². The molecule has 0 saturated heterocycles. The number of nitrogens with two attached hydrogens (primary N) is 2. The van der Waals surface area contributed by atoms with Gasteiger partial charge in [0.1, 0.15) is 5.82 Å². The fourth-order valence-electron chi connectivity index (χ4n) is 1.79. The van der Waals surface area contributed by atoms with Crippen LogP contribution in [0.2, 0.25) is 0 Å². The van der Waals surface area contributed by atoms with E-state index in [2.05, 4.69) is 0 Å². The van der Waals surface area contributed by atoms with E-state index in [0.29, 0.717) is 5.56 Å². The molecule has 0 aliphatic rings. The van der Waals surface area contributed by atoms with Crippen molar-refractivity contribution in [2.75, 3.05) is 0 Å². The first-order chi connectivity index (χ1) is 7.00. The Morgan fingerprint density at radius 2 is 1.73 bits per heavy atom. The minimum absolute atomic E-state index is 0.360. The van der Waals surface area contributed by atoms with Gasteiger partial charge in [-0.05, 0) is 23.8 Å². The molecule has 78 valence electrons. The van der Waals surface area contributed by atoms with Crippen molar-refractivity contribution in [3.05, 3.63) is 47.8 Å². The Labute approximate surface area is 87.7 Å². The van der Waals surface area contributed by atoms with Gasteiger partial charge in [-0.3, -0.25) is 0 Å². The van der Waals surface area contributed by atoms with Crippen LogP contribution in [0.3, 0.4) is 0 Å². The lowest BCUT2D eigenvalue weighted by Gasteiger charge is -2.21. The highest BCUT2D eigenvalue weighted by Crippen LogP contribution is 2.26. The zero-order valence-corrected chi connectivity index (χ0v) is 8.50. The zero-order chi connectivity index (χ0) is 11.1. The van der Waals surface area contributed by atoms with Crippen molar-refractivity contribution in [3.8, 4) is 0 Å². The number of benzene rings is 2. The Bertz CT molecular complexity index is 500. The van der Waals surface area contributed by atoms with Gasteiger partial charge in [0.25, 0.3) is 0 Å². The molecule has 0 aliphatic carbocycles. The van der Waals surface area contributed by atoms with Crippen LogP contribution in [0.5, 0.6) is 0 Å². The largest absolute Gasteiger partial charge is 0.310 e. The van der Waals surface area contributed by atoms with E-state index >= 15 is 0 Å². The summed E-state index contributed by atoms with van der Waals surface area (Å²) < 4.78 is 13.7. The molecule has 0 aliphatic heterocycles. The molecule has 0 atom stereocenters. The van der Waals surface area contributed by atoms with Gasteiger partial charge in [-0.15, -0.1) is 0 Å². The number of halogens is 1. The average Bonchev–Trinajstić information content (AvgIpc) is 2.15. The molecule has 0 saturated carbocycles. The lowest BCUT2D eigenvalue weighted by atomic mass is 9.95. The number of hydrogen-bond acceptors (Lipinski definition) is 2. The van der Waals surface area contributed by atoms with Crippen molar-refractivity contribution < 1.29 is 4.39 Å². The first kappa shape index (κ1) is 10.1. The second-order valence-electron chi connectivity index (χ2n) is 3.93. The molecule has 2 aromatic carbocycles. The normalized spacial score (nSPS) is 12.0. The molecule has 0 bridgehead atoms. The van der Waals surface area contributed by atoms with E-state index in [1.165, 1.54) is 6.07 Å². The molecule has 0 unspecified atom stereocenters. The summed E-state index contributed by atoms with van der Waals surface area (Å²) in [7, 11) is 0. The van der Waals surface area contributed by atoms with Crippen LogP contribution in [0.25, 0.3) is 10.8 Å². The standard InChI is InChI=1S/C12H13FN2/c1-12(14,15)11-9-5-3-2-4-8(9)6-7-10(11)13/h2-7H,14-15H2,1H3. The summed E-state index contributed by atoms with van der Waals surface area (Å²) in [5.74, 6) is -0.360. The summed E-state index contributed by atoms with van der Waals surface area (Å²) >= 11 is 0. The molecular weight excluding hydrogens is 191 g/mol. The third kappa shape index (κ3) is 1.71. The van der Waals surface area contributed by atoms with Crippen LogP contribution in [0, 0.1) is 5.82 Å². The smallest absolute Gasteiger partial charge is 0.130 e. The molecule has 2 rings (SSSR count). The van der Waals surface area contributed by atoms with E-state index in [4.69, 9.17) is 11.5 Å². The molecule has 0 aromatic heterocycles. The van der Waals surface area contributed by atoms with Crippen LogP contribution in [0.4, 0.5) is 4.39 Å². The second kappa shape index (κ2) is 3.29. The van der Waals surface area contributed by atoms with Crippen molar-refractivity contribution in [2.45, 2.75) is 12.6 Å². The Morgan fingerprint density at radius 1 is 1.07 bits per heavy atom. The van der Waals surface area contributed by atoms with Gasteiger partial charge < -0.3 is 11.5 Å². The van der Waals surface area contributed by atoms with Crippen LogP contribution in [-0.4, -0.2) is 0 Å². The molecule has 0 fully saturated rings. The van der Waals surface area contributed by atoms with E-state index < -0.39 is 5.66 Å². The van der Waals surface area contributed by atoms with Gasteiger partial charge in [0, 0.05) is 5.56 Å². The van der Waals surface area contributed by atoms with Gasteiger partial charge in [0.15, 0.2) is 0 Å². The lowest BCUT2D eigenvalue weighted by Crippen LogP contribution is -2.43. The van der Waals surface area contributed by atoms with E-state index in [-0.39, 0.29) is 5.82 Å². The molecular formula is C12H13FN2. The third-order valence-corrected chi connectivity index (χ3v) is 2.42. The van der Waals surface area contributed by atoms with E-state index in [0.717, 1.165) is 10.8 Å². The van der Waals surface area contributed by atoms with Gasteiger partial charge in [0.05, 0.1) is 5.66 Å². The highest BCUT2D eigenvalue weighted by Gasteiger charge is 2.21. The first-order valence-corrected chi connectivity index (χ1v) is 4.75. The topological polar surface area (TPSA) is 52.0 Å². The monoisotopic (exact) mass is 204 g/mol. The number of rotatable bonds is 1. The number of fused-ring (bicyclic) bond motifs is 1. The molecule has 0 radical (unpaired) electrons. The summed E-state index contributed by atoms with van der Waals surface area (Å²) in [6, 6.07) is 10.6. The van der Waals surface area contributed by atoms with Crippen LogP contribution in [0.15, 0.2) is 36.4 Å². The third-order valence-electron chi connectivity index (χ3n) is 2.42. The summed E-state index contributed by atoms with van der Waals surface area (Å²) in [5.41, 5.74) is 10.7. The van der Waals surface area contributed by atoms with Gasteiger partial charge in [-0.2, -0.15) is 0 Å². The quantitative estimate of drug-likeness (QED) is 0.699. The summed E-state index contributed by atoms with van der Waals surface area (Å²) in [5, 5.41) is 1.71. The van der Waals surface area contributed by atoms with Gasteiger partial charge in [-0.1, -0.05) is 30.3 Å². The molecule has 0 heterocycles. The SMILES string of the molecule is CC(N)(N)c1c(F)ccc2ccccc12. The maximum absolute atomic E-state index is 13.7. The number of hydrogen-bond donors (Lipinski definition) is 2. The van der Waals surface area contributed by atoms with Crippen molar-refractivity contribution in [1.82, 2.24) is 0 Å². The molecule has 2 aromatic rings. The highest BCUT2D eigenvalue weighted by molar-refractivity contribution is 5.86. The maximum atomic E-state index is 13.7. The summed E-state index contributed by atoms with van der Waals surface area (Å²) in [6.45, 7) is 1.60. The van der Waals surface area contributed by atoms with Crippen molar-refractivity contribution in [3.63, 3.8) is 0 Å². The fraction of sp³-hybridized carbons (Fsp3) is 0.167. The Morgan fingerprint density at radius 3 is 2.40 bits per heavy atom. The van der Waals surface area contributed by atoms with Crippen LogP contribution in [-0.2, 0) is 5.66 Å². The molecule has 0 spiro atoms. The maximum Gasteiger partial charge on any atom is 0.130 e. The first-order valence-electron chi connectivity index (χ1n) is 4.75. The minimum Gasteiger partial charge on any atom is -0.310 e. The molecule has 2 nitrogen and oxygen atoms in total. The summed E-state index contributed by atoms with van der Waals surface area (Å²) in [4.78, 5) is 0. The zero-order valence-electron chi connectivity index (χ0n) is 8.50. The minimum atomic E-state index is -1.16. The molecule has 15 heavy (non-hydrogen) atoms. The van der Waals surface area contributed by atoms with Gasteiger partial charge >= 0.3 is 0 Å². The Kier molecular flexibility index (Phi) is 2.21. The predicted octanol–water partition coefficient (Wildman–Crippen LogP) is 2.07. The summed E-state index contributed by atoms with van der Waals surface area (Å²) in [6.07, 6.45) is 0. The fourth-order valence-corrected chi connectivity index (χ4v) is 1.79. The molecule has 0 amide bonds. The van der Waals surface area contributed by atoms with E-state index in [1.807, 2.05) is 24.3 Å². The predicted molar refractivity (Wildman–Crippen MR) is 59.6 cm³/mol. The second-order valence-corrected chi connectivity index (χ2v) is 3.93. The van der Waals surface area contributed by atoms with Gasteiger partial charge in [0.2, 0.25) is 0 Å². The van der Waals surface area contributed by atoms with Crippen LogP contribution in [0.1, 0.15) is 12.5 Å². The van der Waals surface area contributed by atoms with E-state index in [9.17, 15) is 4.39 Å². The average molecular weight is 204 g/mol. The van der Waals surface area contributed by atoms with Gasteiger partial charge in [-0.25, -0.2) is 4.39 Å². The lowest BCUT2D eigenvalue weighted by molar-refractivity contribution is 0.484. The molecule has 3 heteroatoms. The Hall–Kier alpha value is -1.45. The van der Waals surface area contributed by atoms with Crippen molar-refractivity contribution in [1.29, 1.82) is 0 Å². The highest BCUT2D eigenvalue weighted by atomic mass is 19.1. The van der Waals surface area contributed by atoms with Crippen molar-refractivity contribution >= 4 is 10.8 Å². The van der Waals surface area contributed by atoms with E-state index in [1.54, 1.807) is 13.0 Å². The van der Waals surface area contributed by atoms with Crippen LogP contribution < -0.4 is 11.5 Å². The van der Waals surface area contributed by atoms with Crippen LogP contribution >= 0.6 is 0 Å².